The zero-order chi connectivity index (χ0) is 23.2. The van der Waals surface area contributed by atoms with Crippen molar-refractivity contribution in [3.63, 3.8) is 0 Å². The van der Waals surface area contributed by atoms with Gasteiger partial charge in [-0.3, -0.25) is 19.2 Å². The zero-order valence-electron chi connectivity index (χ0n) is 17.0. The monoisotopic (exact) mass is 447 g/mol. The number of hydrogen-bond donors (Lipinski definition) is 1. The molecule has 0 bridgehead atoms. The van der Waals surface area contributed by atoms with Gasteiger partial charge in [0, 0.05) is 0 Å². The van der Waals surface area contributed by atoms with Crippen LogP contribution < -0.4 is 10.6 Å². The van der Waals surface area contributed by atoms with Crippen molar-refractivity contribution in [1.82, 2.24) is 5.06 Å². The van der Waals surface area contributed by atoms with Gasteiger partial charge in [0.15, 0.2) is 6.10 Å². The summed E-state index contributed by atoms with van der Waals surface area (Å²) in [5.41, 5.74) is 6.12. The van der Waals surface area contributed by atoms with E-state index in [2.05, 4.69) is 0 Å². The first-order valence-corrected chi connectivity index (χ1v) is 9.97. The molecule has 168 valence electrons. The number of nitrogens with two attached hydrogens (primary N) is 1. The van der Waals surface area contributed by atoms with Crippen LogP contribution in [0.3, 0.4) is 0 Å². The van der Waals surface area contributed by atoms with Gasteiger partial charge in [-0.15, -0.1) is 0 Å². The minimum absolute atomic E-state index is 0.302. The normalized spacial score (nSPS) is 23.6. The molecular formula is C22H20F3N3O4. The topological polar surface area (TPSA) is 92.9 Å². The van der Waals surface area contributed by atoms with Crippen molar-refractivity contribution in [3.8, 4) is 0 Å². The summed E-state index contributed by atoms with van der Waals surface area (Å²) >= 11 is 0. The third-order valence-corrected chi connectivity index (χ3v) is 5.69. The minimum Gasteiger partial charge on any atom is -0.368 e. The summed E-state index contributed by atoms with van der Waals surface area (Å²) in [6.07, 6.45) is -4.95. The zero-order valence-corrected chi connectivity index (χ0v) is 17.0. The van der Waals surface area contributed by atoms with Crippen LogP contribution in [0.4, 0.5) is 18.9 Å². The fourth-order valence-electron chi connectivity index (χ4n) is 4.14. The molecule has 2 N–H and O–H groups in total. The van der Waals surface area contributed by atoms with E-state index in [0.29, 0.717) is 11.3 Å². The number of aryl methyl sites for hydroxylation is 1. The van der Waals surface area contributed by atoms with Crippen LogP contribution in [0.5, 0.6) is 0 Å². The Balaban J connectivity index is 1.70. The quantitative estimate of drug-likeness (QED) is 0.712. The number of imide groups is 1. The van der Waals surface area contributed by atoms with Crippen molar-refractivity contribution in [2.24, 2.45) is 11.7 Å². The first-order valence-electron chi connectivity index (χ1n) is 9.97. The largest absolute Gasteiger partial charge is 0.416 e. The highest BCUT2D eigenvalue weighted by atomic mass is 19.4. The van der Waals surface area contributed by atoms with Gasteiger partial charge in [0.05, 0.1) is 23.2 Å². The molecule has 0 aliphatic carbocycles. The molecule has 2 aliphatic rings. The van der Waals surface area contributed by atoms with Crippen molar-refractivity contribution in [2.45, 2.75) is 31.7 Å². The van der Waals surface area contributed by atoms with Crippen molar-refractivity contribution < 1.29 is 32.4 Å². The van der Waals surface area contributed by atoms with E-state index in [1.165, 1.54) is 12.1 Å². The SMILES string of the molecule is CCc1ccc(N2C(=O)C3ON(CC(N)=O)C(c4ccc(C(F)(F)F)cc4)C3C2=O)cc1. The third-order valence-electron chi connectivity index (χ3n) is 5.69. The summed E-state index contributed by atoms with van der Waals surface area (Å²) in [5, 5.41) is 1.10. The van der Waals surface area contributed by atoms with E-state index >= 15 is 0 Å². The Morgan fingerprint density at radius 1 is 1.03 bits per heavy atom. The minimum atomic E-state index is -4.53. The number of primary amides is 1. The highest BCUT2D eigenvalue weighted by molar-refractivity contribution is 6.23. The van der Waals surface area contributed by atoms with Crippen LogP contribution in [0.15, 0.2) is 48.5 Å². The van der Waals surface area contributed by atoms with Crippen molar-refractivity contribution in [2.75, 3.05) is 11.4 Å². The Bertz CT molecular complexity index is 1050. The van der Waals surface area contributed by atoms with Gasteiger partial charge in [-0.05, 0) is 41.8 Å². The molecule has 2 fully saturated rings. The summed E-state index contributed by atoms with van der Waals surface area (Å²) in [6, 6.07) is 10.2. The Labute approximate surface area is 181 Å². The molecule has 0 saturated carbocycles. The lowest BCUT2D eigenvalue weighted by molar-refractivity contribution is -0.175. The molecule has 2 saturated heterocycles. The van der Waals surface area contributed by atoms with E-state index in [0.717, 1.165) is 34.1 Å². The maximum absolute atomic E-state index is 13.3. The van der Waals surface area contributed by atoms with Crippen molar-refractivity contribution >= 4 is 23.4 Å². The molecule has 2 aliphatic heterocycles. The van der Waals surface area contributed by atoms with Gasteiger partial charge in [0.25, 0.3) is 5.91 Å². The number of alkyl halides is 3. The molecule has 7 nitrogen and oxygen atoms in total. The predicted molar refractivity (Wildman–Crippen MR) is 107 cm³/mol. The first kappa shape index (κ1) is 22.0. The number of benzene rings is 2. The van der Waals surface area contributed by atoms with E-state index in [-0.39, 0.29) is 0 Å². The maximum atomic E-state index is 13.3. The highest BCUT2D eigenvalue weighted by Crippen LogP contribution is 2.46. The Morgan fingerprint density at radius 2 is 1.66 bits per heavy atom. The Morgan fingerprint density at radius 3 is 2.19 bits per heavy atom. The number of nitrogens with zero attached hydrogens (tertiary/aromatic N) is 2. The summed E-state index contributed by atoms with van der Waals surface area (Å²) in [6.45, 7) is 1.55. The molecular weight excluding hydrogens is 427 g/mol. The first-order chi connectivity index (χ1) is 15.1. The average Bonchev–Trinajstić information content (AvgIpc) is 3.22. The molecule has 2 heterocycles. The van der Waals surface area contributed by atoms with Gasteiger partial charge in [0.2, 0.25) is 11.8 Å². The number of carbonyl (C=O) groups is 3. The van der Waals surface area contributed by atoms with E-state index in [9.17, 15) is 27.6 Å². The smallest absolute Gasteiger partial charge is 0.368 e. The highest BCUT2D eigenvalue weighted by Gasteiger charge is 2.60. The van der Waals surface area contributed by atoms with E-state index in [4.69, 9.17) is 10.6 Å². The van der Waals surface area contributed by atoms with Crippen LogP contribution >= 0.6 is 0 Å². The molecule has 0 aromatic heterocycles. The van der Waals surface area contributed by atoms with Gasteiger partial charge in [-0.25, -0.2) is 4.90 Å². The maximum Gasteiger partial charge on any atom is 0.416 e. The van der Waals surface area contributed by atoms with Gasteiger partial charge in [-0.1, -0.05) is 31.2 Å². The lowest BCUT2D eigenvalue weighted by Gasteiger charge is -2.26. The summed E-state index contributed by atoms with van der Waals surface area (Å²) in [7, 11) is 0. The van der Waals surface area contributed by atoms with Crippen LogP contribution in [0.1, 0.15) is 29.7 Å². The van der Waals surface area contributed by atoms with Gasteiger partial charge in [-0.2, -0.15) is 18.2 Å². The molecule has 3 amide bonds. The fourth-order valence-corrected chi connectivity index (χ4v) is 4.14. The van der Waals surface area contributed by atoms with Crippen molar-refractivity contribution in [1.29, 1.82) is 0 Å². The van der Waals surface area contributed by atoms with E-state index in [1.807, 2.05) is 6.92 Å². The average molecular weight is 447 g/mol. The standard InChI is InChI=1S/C22H20F3N3O4/c1-2-12-3-9-15(10-4-12)28-20(30)17-18(13-5-7-14(8-6-13)22(23,24)25)27(11-16(26)29)32-19(17)21(28)31/h3-10,17-19H,2,11H2,1H3,(H2,26,29). The second-order valence-electron chi connectivity index (χ2n) is 7.69. The lowest BCUT2D eigenvalue weighted by Crippen LogP contribution is -2.40. The summed E-state index contributed by atoms with van der Waals surface area (Å²) in [5.74, 6) is -2.97. The molecule has 4 rings (SSSR count). The number of anilines is 1. The summed E-state index contributed by atoms with van der Waals surface area (Å²) in [4.78, 5) is 44.5. The third kappa shape index (κ3) is 3.76. The van der Waals surface area contributed by atoms with Gasteiger partial charge >= 0.3 is 6.18 Å². The number of hydrogen-bond acceptors (Lipinski definition) is 5. The number of hydroxylamine groups is 2. The number of halogens is 3. The van der Waals surface area contributed by atoms with Gasteiger partial charge in [0.1, 0.15) is 6.54 Å². The molecule has 32 heavy (non-hydrogen) atoms. The number of rotatable bonds is 5. The van der Waals surface area contributed by atoms with E-state index in [1.54, 1.807) is 24.3 Å². The van der Waals surface area contributed by atoms with Crippen LogP contribution in [-0.4, -0.2) is 35.4 Å². The number of fused-ring (bicyclic) bond motifs is 1. The summed E-state index contributed by atoms with van der Waals surface area (Å²) < 4.78 is 38.9. The van der Waals surface area contributed by atoms with Crippen LogP contribution in [0.2, 0.25) is 0 Å². The molecule has 3 unspecified atom stereocenters. The Kier molecular flexibility index (Phi) is 5.51. The fraction of sp³-hybridized carbons (Fsp3) is 0.318. The molecule has 2 aromatic carbocycles. The van der Waals surface area contributed by atoms with Crippen LogP contribution in [0, 0.1) is 5.92 Å². The second kappa shape index (κ2) is 8.03. The molecule has 2 aromatic rings. The van der Waals surface area contributed by atoms with Crippen LogP contribution in [-0.2, 0) is 31.8 Å². The molecule has 3 atom stereocenters. The number of amides is 3. The lowest BCUT2D eigenvalue weighted by atomic mass is 9.90. The Hall–Kier alpha value is -3.24. The van der Waals surface area contributed by atoms with Crippen LogP contribution in [0.25, 0.3) is 0 Å². The van der Waals surface area contributed by atoms with Crippen molar-refractivity contribution in [3.05, 3.63) is 65.2 Å². The van der Waals surface area contributed by atoms with E-state index < -0.39 is 54.1 Å². The second-order valence-corrected chi connectivity index (χ2v) is 7.69. The molecule has 0 radical (unpaired) electrons. The van der Waals surface area contributed by atoms with Gasteiger partial charge < -0.3 is 5.73 Å². The number of carbonyl (C=O) groups excluding carboxylic acids is 3. The molecule has 10 heteroatoms. The predicted octanol–water partition coefficient (Wildman–Crippen LogP) is 2.60. The molecule has 0 spiro atoms.